The first-order valence-electron chi connectivity index (χ1n) is 8.82. The van der Waals surface area contributed by atoms with Crippen molar-refractivity contribution in [3.63, 3.8) is 0 Å². The highest BCUT2D eigenvalue weighted by atomic mass is 16.5. The number of piperidine rings is 1. The third-order valence-electron chi connectivity index (χ3n) is 4.93. The number of para-hydroxylation sites is 1. The van der Waals surface area contributed by atoms with Crippen LogP contribution < -0.4 is 15.0 Å². The normalized spacial score (nSPS) is 20.5. The monoisotopic (exact) mass is 338 g/mol. The number of ether oxygens (including phenoxy) is 1. The number of fused-ring (bicyclic) bond motifs is 1. The van der Waals surface area contributed by atoms with Crippen LogP contribution in [0.25, 0.3) is 0 Å². The Morgan fingerprint density at radius 3 is 2.68 bits per heavy atom. The Kier molecular flexibility index (Phi) is 4.50. The average Bonchev–Trinajstić information content (AvgIpc) is 2.69. The van der Waals surface area contributed by atoms with Gasteiger partial charge in [-0.2, -0.15) is 0 Å². The zero-order chi connectivity index (χ0) is 17.1. The Labute approximate surface area is 147 Å². The third kappa shape index (κ3) is 3.57. The van der Waals surface area contributed by atoms with Crippen molar-refractivity contribution in [3.05, 3.63) is 48.3 Å². The summed E-state index contributed by atoms with van der Waals surface area (Å²) in [5.74, 6) is 1.67. The van der Waals surface area contributed by atoms with Crippen LogP contribution in [-0.2, 0) is 11.2 Å². The summed E-state index contributed by atoms with van der Waals surface area (Å²) in [4.78, 5) is 23.4. The maximum atomic E-state index is 12.6. The second-order valence-corrected chi connectivity index (χ2v) is 6.64. The van der Waals surface area contributed by atoms with Crippen LogP contribution >= 0.6 is 0 Å². The minimum atomic E-state index is -0.106. The molecule has 1 saturated heterocycles. The molecule has 6 nitrogen and oxygen atoms in total. The Balaban J connectivity index is 1.30. The molecule has 0 radical (unpaired) electrons. The molecule has 2 aromatic rings. The van der Waals surface area contributed by atoms with E-state index in [-0.39, 0.29) is 17.9 Å². The smallest absolute Gasteiger partial charge is 0.227 e. The van der Waals surface area contributed by atoms with Crippen molar-refractivity contribution in [3.8, 4) is 5.75 Å². The molecule has 1 aromatic heterocycles. The molecule has 2 aliphatic heterocycles. The number of carbonyl (C=O) groups excluding carboxylic acids is 1. The molecule has 1 fully saturated rings. The number of anilines is 1. The van der Waals surface area contributed by atoms with E-state index in [4.69, 9.17) is 4.74 Å². The van der Waals surface area contributed by atoms with Crippen molar-refractivity contribution in [2.24, 2.45) is 5.92 Å². The van der Waals surface area contributed by atoms with E-state index in [1.54, 1.807) is 12.4 Å². The van der Waals surface area contributed by atoms with Gasteiger partial charge in [-0.05, 0) is 37.0 Å². The fourth-order valence-electron chi connectivity index (χ4n) is 3.49. The molecule has 1 unspecified atom stereocenters. The maximum Gasteiger partial charge on any atom is 0.227 e. The van der Waals surface area contributed by atoms with Gasteiger partial charge in [0, 0.05) is 31.5 Å². The van der Waals surface area contributed by atoms with Crippen molar-refractivity contribution in [2.45, 2.75) is 25.3 Å². The highest BCUT2D eigenvalue weighted by molar-refractivity contribution is 5.80. The zero-order valence-corrected chi connectivity index (χ0v) is 14.1. The minimum absolute atomic E-state index is 0.101. The molecule has 0 aliphatic carbocycles. The van der Waals surface area contributed by atoms with Gasteiger partial charge in [-0.15, -0.1) is 0 Å². The molecule has 3 heterocycles. The van der Waals surface area contributed by atoms with E-state index in [1.807, 2.05) is 30.3 Å². The lowest BCUT2D eigenvalue weighted by molar-refractivity contribution is -0.127. The molecule has 0 bridgehead atoms. The molecule has 1 N–H and O–H groups in total. The average molecular weight is 338 g/mol. The first kappa shape index (κ1) is 15.9. The maximum absolute atomic E-state index is 12.6. The van der Waals surface area contributed by atoms with Gasteiger partial charge in [-0.25, -0.2) is 9.97 Å². The molecule has 0 saturated carbocycles. The predicted octanol–water partition coefficient (Wildman–Crippen LogP) is 1.81. The third-order valence-corrected chi connectivity index (χ3v) is 4.93. The quantitative estimate of drug-likeness (QED) is 0.924. The van der Waals surface area contributed by atoms with Gasteiger partial charge in [0.05, 0.1) is 5.92 Å². The second kappa shape index (κ2) is 7.09. The number of aromatic nitrogens is 2. The molecule has 6 heteroatoms. The Hall–Kier alpha value is -2.63. The number of nitrogens with zero attached hydrogens (tertiary/aromatic N) is 3. The van der Waals surface area contributed by atoms with E-state index in [1.165, 1.54) is 0 Å². The summed E-state index contributed by atoms with van der Waals surface area (Å²) in [6.07, 6.45) is 6.09. The largest absolute Gasteiger partial charge is 0.492 e. The number of hydrogen-bond donors (Lipinski definition) is 1. The number of benzene rings is 1. The molecule has 1 atom stereocenters. The molecule has 0 spiro atoms. The second-order valence-electron chi connectivity index (χ2n) is 6.64. The van der Waals surface area contributed by atoms with Gasteiger partial charge in [0.1, 0.15) is 12.4 Å². The van der Waals surface area contributed by atoms with E-state index in [0.717, 1.165) is 49.6 Å². The summed E-state index contributed by atoms with van der Waals surface area (Å²) in [5.41, 5.74) is 1.12. The van der Waals surface area contributed by atoms with Crippen LogP contribution in [0.1, 0.15) is 18.4 Å². The summed E-state index contributed by atoms with van der Waals surface area (Å²) < 4.78 is 5.74. The van der Waals surface area contributed by atoms with Gasteiger partial charge in [0.25, 0.3) is 0 Å². The molecule has 4 rings (SSSR count). The van der Waals surface area contributed by atoms with Crippen LogP contribution in [-0.4, -0.2) is 41.6 Å². The lowest BCUT2D eigenvalue weighted by atomic mass is 9.95. The first-order valence-corrected chi connectivity index (χ1v) is 8.82. The number of rotatable bonds is 3. The molecule has 1 amide bonds. The van der Waals surface area contributed by atoms with Crippen LogP contribution in [0, 0.1) is 5.92 Å². The summed E-state index contributed by atoms with van der Waals surface area (Å²) in [7, 11) is 0. The van der Waals surface area contributed by atoms with Crippen molar-refractivity contribution in [1.82, 2.24) is 15.3 Å². The van der Waals surface area contributed by atoms with E-state index >= 15 is 0 Å². The van der Waals surface area contributed by atoms with Crippen molar-refractivity contribution < 1.29 is 9.53 Å². The molecule has 25 heavy (non-hydrogen) atoms. The van der Waals surface area contributed by atoms with E-state index < -0.39 is 0 Å². The first-order chi connectivity index (χ1) is 12.3. The molecular formula is C19H22N4O2. The van der Waals surface area contributed by atoms with Gasteiger partial charge < -0.3 is 15.0 Å². The predicted molar refractivity (Wildman–Crippen MR) is 94.5 cm³/mol. The fourth-order valence-corrected chi connectivity index (χ4v) is 3.49. The van der Waals surface area contributed by atoms with Crippen molar-refractivity contribution in [1.29, 1.82) is 0 Å². The van der Waals surface area contributed by atoms with Gasteiger partial charge >= 0.3 is 0 Å². The van der Waals surface area contributed by atoms with Gasteiger partial charge in [0.15, 0.2) is 0 Å². The van der Waals surface area contributed by atoms with Gasteiger partial charge in [0.2, 0.25) is 11.9 Å². The fraction of sp³-hybridized carbons (Fsp3) is 0.421. The molecular weight excluding hydrogens is 316 g/mol. The summed E-state index contributed by atoms with van der Waals surface area (Å²) in [5, 5.41) is 3.20. The zero-order valence-electron chi connectivity index (χ0n) is 14.1. The molecule has 1 aromatic carbocycles. The van der Waals surface area contributed by atoms with Crippen LogP contribution in [0.4, 0.5) is 5.95 Å². The summed E-state index contributed by atoms with van der Waals surface area (Å²) in [6.45, 7) is 2.18. The van der Waals surface area contributed by atoms with E-state index in [0.29, 0.717) is 6.61 Å². The Morgan fingerprint density at radius 1 is 1.12 bits per heavy atom. The van der Waals surface area contributed by atoms with Crippen LogP contribution in [0.15, 0.2) is 42.7 Å². The van der Waals surface area contributed by atoms with Crippen molar-refractivity contribution >= 4 is 11.9 Å². The topological polar surface area (TPSA) is 67.4 Å². The highest BCUT2D eigenvalue weighted by Gasteiger charge is 2.29. The molecule has 130 valence electrons. The van der Waals surface area contributed by atoms with Gasteiger partial charge in [-0.1, -0.05) is 18.2 Å². The van der Waals surface area contributed by atoms with E-state index in [9.17, 15) is 4.79 Å². The number of nitrogens with one attached hydrogen (secondary N) is 1. The Bertz CT molecular complexity index is 729. The van der Waals surface area contributed by atoms with Crippen LogP contribution in [0.3, 0.4) is 0 Å². The van der Waals surface area contributed by atoms with Gasteiger partial charge in [-0.3, -0.25) is 4.79 Å². The summed E-state index contributed by atoms with van der Waals surface area (Å²) in [6, 6.07) is 9.98. The van der Waals surface area contributed by atoms with Crippen LogP contribution in [0.5, 0.6) is 5.75 Å². The Morgan fingerprint density at radius 2 is 1.88 bits per heavy atom. The van der Waals surface area contributed by atoms with Crippen molar-refractivity contribution in [2.75, 3.05) is 24.6 Å². The number of hydrogen-bond acceptors (Lipinski definition) is 5. The molecule has 2 aliphatic rings. The minimum Gasteiger partial charge on any atom is -0.492 e. The number of carbonyl (C=O) groups is 1. The number of amides is 1. The standard InChI is InChI=1S/C19H22N4O2/c24-18(15-12-14-4-1-2-5-17(14)25-13-15)22-16-6-10-23(11-7-16)19-20-8-3-9-21-19/h1-5,8-9,15-16H,6-7,10-13H2,(H,22,24). The highest BCUT2D eigenvalue weighted by Crippen LogP contribution is 2.27. The SMILES string of the molecule is O=C(NC1CCN(c2ncccn2)CC1)C1COc2ccccc2C1. The van der Waals surface area contributed by atoms with Crippen LogP contribution in [0.2, 0.25) is 0 Å². The lowest BCUT2D eigenvalue weighted by Crippen LogP contribution is -2.48. The summed E-state index contributed by atoms with van der Waals surface area (Å²) >= 11 is 0. The lowest BCUT2D eigenvalue weighted by Gasteiger charge is -2.33. The van der Waals surface area contributed by atoms with E-state index in [2.05, 4.69) is 20.2 Å².